The van der Waals surface area contributed by atoms with Gasteiger partial charge in [-0.05, 0) is 36.4 Å². The Morgan fingerprint density at radius 2 is 1.83 bits per heavy atom. The van der Waals surface area contributed by atoms with Crippen molar-refractivity contribution >= 4 is 23.3 Å². The molecule has 1 heterocycles. The van der Waals surface area contributed by atoms with Crippen LogP contribution in [0, 0.1) is 10.1 Å². The van der Waals surface area contributed by atoms with Crippen LogP contribution in [0.4, 0.5) is 17.1 Å². The number of rotatable bonds is 4. The van der Waals surface area contributed by atoms with Gasteiger partial charge in [0.25, 0.3) is 5.69 Å². The van der Waals surface area contributed by atoms with E-state index in [0.717, 1.165) is 0 Å². The van der Waals surface area contributed by atoms with E-state index >= 15 is 0 Å². The maximum atomic E-state index is 10.6. The number of non-ortho nitro benzene ring substituents is 1. The lowest BCUT2D eigenvalue weighted by Gasteiger charge is -1.94. The monoisotopic (exact) mass is 324 g/mol. The first-order valence-electron chi connectivity index (χ1n) is 6.87. The zero-order valence-corrected chi connectivity index (χ0v) is 12.3. The Bertz CT molecular complexity index is 899. The normalized spacial score (nSPS) is 11.0. The van der Waals surface area contributed by atoms with Gasteiger partial charge in [-0.25, -0.2) is 4.98 Å². The van der Waals surface area contributed by atoms with Crippen molar-refractivity contribution < 1.29 is 14.4 Å². The van der Waals surface area contributed by atoms with Gasteiger partial charge in [0.1, 0.15) is 0 Å². The Hall–Kier alpha value is -3.68. The molecule has 0 fully saturated rings. The molecule has 0 saturated carbocycles. The van der Waals surface area contributed by atoms with Crippen LogP contribution in [-0.4, -0.2) is 21.2 Å². The van der Waals surface area contributed by atoms with Crippen molar-refractivity contribution in [3.05, 3.63) is 64.3 Å². The van der Waals surface area contributed by atoms with Crippen LogP contribution in [0.5, 0.6) is 5.95 Å². The first-order chi connectivity index (χ1) is 11.5. The highest BCUT2D eigenvalue weighted by atomic mass is 16.6. The van der Waals surface area contributed by atoms with E-state index in [1.54, 1.807) is 24.3 Å². The van der Waals surface area contributed by atoms with Crippen molar-refractivity contribution in [1.29, 1.82) is 0 Å². The summed E-state index contributed by atoms with van der Waals surface area (Å²) in [6, 6.07) is 12.5. The van der Waals surface area contributed by atoms with Gasteiger partial charge in [-0.1, -0.05) is 0 Å². The number of benzene rings is 2. The molecular weight excluding hydrogens is 312 g/mol. The third-order valence-corrected chi connectivity index (χ3v) is 3.19. The number of hydrogen-bond acceptors (Lipinski definition) is 7. The van der Waals surface area contributed by atoms with Crippen molar-refractivity contribution in [2.75, 3.05) is 5.73 Å². The second kappa shape index (κ2) is 6.21. The third kappa shape index (κ3) is 3.22. The van der Waals surface area contributed by atoms with E-state index in [-0.39, 0.29) is 23.2 Å². The molecule has 0 amide bonds. The second-order valence-electron chi connectivity index (χ2n) is 4.86. The van der Waals surface area contributed by atoms with E-state index in [9.17, 15) is 15.2 Å². The van der Waals surface area contributed by atoms with Crippen molar-refractivity contribution in [2.45, 2.75) is 0 Å². The largest absolute Gasteiger partial charge is 0.479 e. The maximum Gasteiger partial charge on any atom is 0.312 e. The quantitative estimate of drug-likeness (QED) is 0.328. The van der Waals surface area contributed by atoms with E-state index < -0.39 is 4.92 Å². The van der Waals surface area contributed by atoms with Gasteiger partial charge in [0.15, 0.2) is 5.69 Å². The summed E-state index contributed by atoms with van der Waals surface area (Å²) in [5, 5.41) is 20.5. The third-order valence-electron chi connectivity index (χ3n) is 3.19. The molecule has 8 nitrogen and oxygen atoms in total. The van der Waals surface area contributed by atoms with Crippen molar-refractivity contribution in [1.82, 2.24) is 4.98 Å². The molecule has 24 heavy (non-hydrogen) atoms. The molecule has 0 radical (unpaired) electrons. The Morgan fingerprint density at radius 3 is 2.46 bits per heavy atom. The van der Waals surface area contributed by atoms with E-state index in [1.807, 2.05) is 0 Å². The molecule has 2 aromatic carbocycles. The zero-order valence-electron chi connectivity index (χ0n) is 12.3. The number of oxazole rings is 1. The van der Waals surface area contributed by atoms with Crippen LogP contribution in [-0.2, 0) is 0 Å². The van der Waals surface area contributed by atoms with Gasteiger partial charge in [-0.2, -0.15) is 0 Å². The number of anilines is 1. The summed E-state index contributed by atoms with van der Waals surface area (Å²) < 4.78 is 5.17. The molecule has 8 heteroatoms. The van der Waals surface area contributed by atoms with Gasteiger partial charge in [-0.15, -0.1) is 0 Å². The van der Waals surface area contributed by atoms with Gasteiger partial charge < -0.3 is 15.3 Å². The molecule has 0 saturated heterocycles. The number of nitrogen functional groups attached to an aromatic ring is 1. The highest BCUT2D eigenvalue weighted by Gasteiger charge is 2.13. The van der Waals surface area contributed by atoms with Crippen LogP contribution in [0.2, 0.25) is 0 Å². The standard InChI is InChI=1S/C16H12N4O4/c17-11-3-5-12(6-4-11)18-9-14-16(21)24-15(19-14)10-1-7-13(8-2-10)20(22)23/h1-9,21H,17H2. The minimum atomic E-state index is -0.498. The summed E-state index contributed by atoms with van der Waals surface area (Å²) in [5.41, 5.74) is 7.47. The lowest BCUT2D eigenvalue weighted by molar-refractivity contribution is -0.384. The predicted molar refractivity (Wildman–Crippen MR) is 88.4 cm³/mol. The minimum Gasteiger partial charge on any atom is -0.479 e. The Labute approximate surface area is 136 Å². The average molecular weight is 324 g/mol. The molecule has 0 bridgehead atoms. The van der Waals surface area contributed by atoms with E-state index in [2.05, 4.69) is 9.98 Å². The molecular formula is C16H12N4O4. The molecule has 0 aliphatic rings. The molecule has 3 rings (SSSR count). The summed E-state index contributed by atoms with van der Waals surface area (Å²) in [5.74, 6) is -0.247. The lowest BCUT2D eigenvalue weighted by Crippen LogP contribution is -1.87. The second-order valence-corrected chi connectivity index (χ2v) is 4.86. The van der Waals surface area contributed by atoms with Crippen LogP contribution in [0.3, 0.4) is 0 Å². The van der Waals surface area contributed by atoms with Crippen LogP contribution >= 0.6 is 0 Å². The fourth-order valence-electron chi connectivity index (χ4n) is 1.95. The summed E-state index contributed by atoms with van der Waals surface area (Å²) in [6.45, 7) is 0. The number of hydrogen-bond donors (Lipinski definition) is 2. The van der Waals surface area contributed by atoms with Crippen molar-refractivity contribution in [3.8, 4) is 17.4 Å². The molecule has 3 N–H and O–H groups in total. The maximum absolute atomic E-state index is 10.6. The highest BCUT2D eigenvalue weighted by Crippen LogP contribution is 2.27. The molecule has 0 atom stereocenters. The van der Waals surface area contributed by atoms with Crippen molar-refractivity contribution in [2.24, 2.45) is 4.99 Å². The Balaban J connectivity index is 1.84. The van der Waals surface area contributed by atoms with Crippen LogP contribution in [0.15, 0.2) is 57.9 Å². The van der Waals surface area contributed by atoms with Gasteiger partial charge in [0.2, 0.25) is 5.89 Å². The SMILES string of the molecule is Nc1ccc(N=Cc2nc(-c3ccc([N+](=O)[O-])cc3)oc2O)cc1. The number of aliphatic imine (C=N–C) groups is 1. The van der Waals surface area contributed by atoms with Crippen LogP contribution in [0.1, 0.15) is 5.69 Å². The topological polar surface area (TPSA) is 128 Å². The number of aromatic hydroxyl groups is 1. The summed E-state index contributed by atoms with van der Waals surface area (Å²) in [4.78, 5) is 18.4. The minimum absolute atomic E-state index is 0.0420. The van der Waals surface area contributed by atoms with Crippen LogP contribution in [0.25, 0.3) is 11.5 Å². The molecule has 0 aliphatic carbocycles. The van der Waals surface area contributed by atoms with Crippen LogP contribution < -0.4 is 5.73 Å². The number of aromatic nitrogens is 1. The predicted octanol–water partition coefficient (Wildman–Crippen LogP) is 3.29. The summed E-state index contributed by atoms with van der Waals surface area (Å²) in [6.07, 6.45) is 1.36. The van der Waals surface area contributed by atoms with Gasteiger partial charge in [0, 0.05) is 23.4 Å². The van der Waals surface area contributed by atoms with Gasteiger partial charge >= 0.3 is 5.95 Å². The fourth-order valence-corrected chi connectivity index (χ4v) is 1.95. The average Bonchev–Trinajstić information content (AvgIpc) is 2.95. The molecule has 0 aliphatic heterocycles. The molecule has 0 spiro atoms. The highest BCUT2D eigenvalue weighted by molar-refractivity contribution is 5.83. The van der Waals surface area contributed by atoms with E-state index in [4.69, 9.17) is 10.2 Å². The van der Waals surface area contributed by atoms with E-state index in [1.165, 1.54) is 30.5 Å². The molecule has 3 aromatic rings. The first kappa shape index (κ1) is 15.2. The fraction of sp³-hybridized carbons (Fsp3) is 0. The molecule has 120 valence electrons. The van der Waals surface area contributed by atoms with Gasteiger partial charge in [0.05, 0.1) is 16.8 Å². The molecule has 1 aromatic heterocycles. The number of nitro benzene ring substituents is 1. The lowest BCUT2D eigenvalue weighted by atomic mass is 10.2. The number of nitro groups is 1. The smallest absolute Gasteiger partial charge is 0.312 e. The number of nitrogens with two attached hydrogens (primary N) is 1. The number of nitrogens with zero attached hydrogens (tertiary/aromatic N) is 3. The Morgan fingerprint density at radius 1 is 1.17 bits per heavy atom. The Kier molecular flexibility index (Phi) is 3.94. The first-order valence-corrected chi connectivity index (χ1v) is 6.87. The van der Waals surface area contributed by atoms with Gasteiger partial charge in [-0.3, -0.25) is 15.1 Å². The molecule has 0 unspecified atom stereocenters. The summed E-state index contributed by atoms with van der Waals surface area (Å²) >= 11 is 0. The van der Waals surface area contributed by atoms with E-state index in [0.29, 0.717) is 16.9 Å². The zero-order chi connectivity index (χ0) is 17.1. The summed E-state index contributed by atoms with van der Waals surface area (Å²) in [7, 11) is 0. The van der Waals surface area contributed by atoms with Crippen molar-refractivity contribution in [3.63, 3.8) is 0 Å².